The molecule has 3 aliphatic rings. The summed E-state index contributed by atoms with van der Waals surface area (Å²) < 4.78 is 0. The molecule has 1 aliphatic heterocycles. The van der Waals surface area contributed by atoms with Crippen LogP contribution in [0.4, 0.5) is 4.79 Å². The van der Waals surface area contributed by atoms with Gasteiger partial charge >= 0.3 is 6.03 Å². The molecule has 1 aromatic carbocycles. The van der Waals surface area contributed by atoms with Crippen LogP contribution in [0, 0.1) is 11.3 Å². The molecule has 0 radical (unpaired) electrons. The number of hydrogen-bond acceptors (Lipinski definition) is 3. The lowest BCUT2D eigenvalue weighted by Gasteiger charge is -2.52. The van der Waals surface area contributed by atoms with Crippen molar-refractivity contribution in [3.63, 3.8) is 0 Å². The molecule has 1 saturated heterocycles. The number of rotatable bonds is 4. The lowest BCUT2D eigenvalue weighted by molar-refractivity contribution is 0.0157. The molecule has 0 unspecified atom stereocenters. The fourth-order valence-corrected chi connectivity index (χ4v) is 4.97. The summed E-state index contributed by atoms with van der Waals surface area (Å²) in [6, 6.07) is 9.60. The number of carbonyl (C=O) groups excluding carboxylic acids is 1. The number of carbonyl (C=O) groups is 1. The van der Waals surface area contributed by atoms with E-state index >= 15 is 0 Å². The van der Waals surface area contributed by atoms with Crippen molar-refractivity contribution in [2.45, 2.75) is 69.0 Å². The van der Waals surface area contributed by atoms with E-state index in [1.165, 1.54) is 11.1 Å². The van der Waals surface area contributed by atoms with Crippen LogP contribution < -0.4 is 5.32 Å². The number of benzene rings is 1. The number of aliphatic hydroxyl groups excluding tert-OH is 1. The summed E-state index contributed by atoms with van der Waals surface area (Å²) in [5.74, 6) is -0.146. The van der Waals surface area contributed by atoms with Crippen molar-refractivity contribution in [1.82, 2.24) is 10.2 Å². The summed E-state index contributed by atoms with van der Waals surface area (Å²) in [6.45, 7) is -0.131. The minimum absolute atomic E-state index is 0.131. The largest absolute Gasteiger partial charge is 0.394 e. The maximum Gasteiger partial charge on any atom is 0.319 e. The molecule has 0 bridgehead atoms. The zero-order chi connectivity index (χ0) is 18.8. The number of allylic oxidation sites excluding steroid dienone is 2. The van der Waals surface area contributed by atoms with Crippen LogP contribution in [-0.4, -0.2) is 40.8 Å². The molecule has 5 heteroatoms. The van der Waals surface area contributed by atoms with Gasteiger partial charge in [0, 0.05) is 12.0 Å². The summed E-state index contributed by atoms with van der Waals surface area (Å²) in [5.41, 5.74) is 3.59. The predicted molar refractivity (Wildman–Crippen MR) is 104 cm³/mol. The van der Waals surface area contributed by atoms with Gasteiger partial charge in [-0.15, -0.1) is 0 Å². The highest BCUT2D eigenvalue weighted by Gasteiger charge is 2.52. The Morgan fingerprint density at radius 3 is 2.70 bits per heavy atom. The quantitative estimate of drug-likeness (QED) is 0.856. The highest BCUT2D eigenvalue weighted by Crippen LogP contribution is 2.44. The average Bonchev–Trinajstić information content (AvgIpc) is 3.36. The number of nitriles is 1. The van der Waals surface area contributed by atoms with Crippen molar-refractivity contribution in [1.29, 1.82) is 5.26 Å². The first-order chi connectivity index (χ1) is 13.2. The second-order valence-electron chi connectivity index (χ2n) is 7.90. The van der Waals surface area contributed by atoms with Crippen LogP contribution in [0.2, 0.25) is 0 Å². The van der Waals surface area contributed by atoms with Gasteiger partial charge in [-0.05, 0) is 48.8 Å². The highest BCUT2D eigenvalue weighted by molar-refractivity contribution is 5.78. The third-order valence-electron chi connectivity index (χ3n) is 6.36. The highest BCUT2D eigenvalue weighted by atomic mass is 16.3. The van der Waals surface area contributed by atoms with E-state index in [1.807, 2.05) is 12.1 Å². The molecule has 5 nitrogen and oxygen atoms in total. The number of likely N-dealkylation sites (tertiary alicyclic amines) is 1. The van der Waals surface area contributed by atoms with E-state index in [0.717, 1.165) is 50.5 Å². The number of aliphatic hydroxyl groups is 1. The Hall–Kier alpha value is -2.32. The van der Waals surface area contributed by atoms with Crippen molar-refractivity contribution in [2.24, 2.45) is 0 Å². The average molecular weight is 365 g/mol. The minimum Gasteiger partial charge on any atom is -0.394 e. The molecule has 2 N–H and O–H groups in total. The Kier molecular flexibility index (Phi) is 5.18. The van der Waals surface area contributed by atoms with Gasteiger partial charge in [0.2, 0.25) is 0 Å². The van der Waals surface area contributed by atoms with Gasteiger partial charge in [0.05, 0.1) is 18.7 Å². The van der Waals surface area contributed by atoms with E-state index in [9.17, 15) is 15.2 Å². The number of nitrogens with one attached hydrogen (secondary N) is 1. The van der Waals surface area contributed by atoms with Crippen LogP contribution in [0.1, 0.15) is 62.0 Å². The number of urea groups is 1. The van der Waals surface area contributed by atoms with E-state index in [1.54, 1.807) is 4.90 Å². The fourth-order valence-electron chi connectivity index (χ4n) is 4.97. The first-order valence-corrected chi connectivity index (χ1v) is 10.1. The SMILES string of the molecule is N#C[C@@H]1[C@@H](c2ccccc2C2=CCCC2)[C@@H](CO)N1C(=O)NC1CCCC1. The third-order valence-corrected chi connectivity index (χ3v) is 6.36. The van der Waals surface area contributed by atoms with Gasteiger partial charge in [-0.1, -0.05) is 43.2 Å². The Bertz CT molecular complexity index is 776. The van der Waals surface area contributed by atoms with Gasteiger partial charge in [-0.2, -0.15) is 5.26 Å². The zero-order valence-electron chi connectivity index (χ0n) is 15.6. The standard InChI is InChI=1S/C22H27N3O2/c23-13-19-21(18-12-6-5-11-17(18)15-7-1-2-8-15)20(14-26)25(19)22(27)24-16-9-3-4-10-16/h5-7,11-12,16,19-21,26H,1-4,8-10,14H2,(H,24,27)/t19-,20-,21-/m1/s1. The van der Waals surface area contributed by atoms with Gasteiger partial charge in [0.25, 0.3) is 0 Å². The van der Waals surface area contributed by atoms with Crippen molar-refractivity contribution < 1.29 is 9.90 Å². The molecule has 4 rings (SSSR count). The molecule has 0 aromatic heterocycles. The van der Waals surface area contributed by atoms with Crippen LogP contribution in [0.25, 0.3) is 5.57 Å². The predicted octanol–water partition coefficient (Wildman–Crippen LogP) is 3.56. The molecular formula is C22H27N3O2. The van der Waals surface area contributed by atoms with E-state index in [0.29, 0.717) is 0 Å². The van der Waals surface area contributed by atoms with Gasteiger partial charge in [0.1, 0.15) is 6.04 Å². The maximum atomic E-state index is 12.8. The molecule has 3 atom stereocenters. The van der Waals surface area contributed by atoms with Gasteiger partial charge in [0.15, 0.2) is 0 Å². The first-order valence-electron chi connectivity index (χ1n) is 10.1. The number of amides is 2. The Morgan fingerprint density at radius 2 is 2.04 bits per heavy atom. The lowest BCUT2D eigenvalue weighted by atomic mass is 9.73. The summed E-state index contributed by atoms with van der Waals surface area (Å²) in [5, 5.41) is 22.9. The number of hydrogen-bond donors (Lipinski definition) is 2. The summed E-state index contributed by atoms with van der Waals surface area (Å²) >= 11 is 0. The van der Waals surface area contributed by atoms with Crippen LogP contribution in [0.5, 0.6) is 0 Å². The Morgan fingerprint density at radius 1 is 1.26 bits per heavy atom. The molecule has 2 aliphatic carbocycles. The van der Waals surface area contributed by atoms with E-state index in [-0.39, 0.29) is 30.6 Å². The van der Waals surface area contributed by atoms with Crippen molar-refractivity contribution in [3.05, 3.63) is 41.5 Å². The van der Waals surface area contributed by atoms with Crippen molar-refractivity contribution in [2.75, 3.05) is 6.61 Å². The third kappa shape index (κ3) is 3.23. The minimum atomic E-state index is -0.535. The van der Waals surface area contributed by atoms with Gasteiger partial charge < -0.3 is 15.3 Å². The summed E-state index contributed by atoms with van der Waals surface area (Å²) in [7, 11) is 0. The molecule has 2 fully saturated rings. The Labute approximate surface area is 160 Å². The molecule has 1 saturated carbocycles. The fraction of sp³-hybridized carbons (Fsp3) is 0.545. The molecule has 2 amide bonds. The lowest BCUT2D eigenvalue weighted by Crippen LogP contribution is -2.67. The van der Waals surface area contributed by atoms with Crippen LogP contribution in [0.15, 0.2) is 30.3 Å². The summed E-state index contributed by atoms with van der Waals surface area (Å²) in [6.07, 6.45) is 9.86. The normalized spacial score (nSPS) is 27.8. The first kappa shape index (κ1) is 18.1. The van der Waals surface area contributed by atoms with Gasteiger partial charge in [-0.25, -0.2) is 4.79 Å². The molecule has 1 aromatic rings. The van der Waals surface area contributed by atoms with Crippen LogP contribution in [0.3, 0.4) is 0 Å². The Balaban J connectivity index is 1.59. The zero-order valence-corrected chi connectivity index (χ0v) is 15.6. The molecule has 0 spiro atoms. The van der Waals surface area contributed by atoms with E-state index < -0.39 is 6.04 Å². The second-order valence-corrected chi connectivity index (χ2v) is 7.90. The second kappa shape index (κ2) is 7.74. The number of nitrogens with zero attached hydrogens (tertiary/aromatic N) is 2. The molecule has 142 valence electrons. The molecular weight excluding hydrogens is 338 g/mol. The van der Waals surface area contributed by atoms with Gasteiger partial charge in [-0.3, -0.25) is 0 Å². The monoisotopic (exact) mass is 365 g/mol. The topological polar surface area (TPSA) is 76.4 Å². The summed E-state index contributed by atoms with van der Waals surface area (Å²) in [4.78, 5) is 14.3. The van der Waals surface area contributed by atoms with E-state index in [2.05, 4.69) is 29.6 Å². The van der Waals surface area contributed by atoms with Crippen LogP contribution in [-0.2, 0) is 0 Å². The molecule has 27 heavy (non-hydrogen) atoms. The van der Waals surface area contributed by atoms with Crippen molar-refractivity contribution in [3.8, 4) is 6.07 Å². The maximum absolute atomic E-state index is 12.8. The van der Waals surface area contributed by atoms with Crippen molar-refractivity contribution >= 4 is 11.6 Å². The van der Waals surface area contributed by atoms with Crippen LogP contribution >= 0.6 is 0 Å². The smallest absolute Gasteiger partial charge is 0.319 e. The molecule has 1 heterocycles. The van der Waals surface area contributed by atoms with E-state index in [4.69, 9.17) is 0 Å².